The van der Waals surface area contributed by atoms with Crippen LogP contribution in [0.1, 0.15) is 31.1 Å². The minimum Gasteiger partial charge on any atom is -0.484 e. The molecule has 4 rings (SSSR count). The SMILES string of the molecule is Cc1cccc([C@H](Oc2ccc3c(cnn3-c3ccc(F)cc3)c2)[C@H](C)NC(=O)C(C)(F)F)c1. The largest absolute Gasteiger partial charge is 0.484 e. The lowest BCUT2D eigenvalue weighted by molar-refractivity contribution is -0.144. The zero-order valence-electron chi connectivity index (χ0n) is 18.9. The number of benzene rings is 3. The molecule has 5 nitrogen and oxygen atoms in total. The van der Waals surface area contributed by atoms with E-state index in [1.165, 1.54) is 12.1 Å². The summed E-state index contributed by atoms with van der Waals surface area (Å²) in [5, 5.41) is 7.53. The van der Waals surface area contributed by atoms with E-state index in [1.807, 2.05) is 37.3 Å². The lowest BCUT2D eigenvalue weighted by Crippen LogP contribution is -2.46. The van der Waals surface area contributed by atoms with Crippen LogP contribution >= 0.6 is 0 Å². The van der Waals surface area contributed by atoms with Crippen LogP contribution in [-0.4, -0.2) is 27.7 Å². The highest BCUT2D eigenvalue weighted by Crippen LogP contribution is 2.30. The van der Waals surface area contributed by atoms with Crippen molar-refractivity contribution in [1.29, 1.82) is 0 Å². The molecule has 0 saturated heterocycles. The van der Waals surface area contributed by atoms with Crippen molar-refractivity contribution in [2.24, 2.45) is 0 Å². The molecule has 3 aromatic carbocycles. The maximum Gasteiger partial charge on any atom is 0.321 e. The van der Waals surface area contributed by atoms with Crippen LogP contribution in [0.4, 0.5) is 13.2 Å². The van der Waals surface area contributed by atoms with Crippen molar-refractivity contribution in [3.05, 3.63) is 89.9 Å². The van der Waals surface area contributed by atoms with E-state index in [-0.39, 0.29) is 5.82 Å². The predicted octanol–water partition coefficient (Wildman–Crippen LogP) is 5.75. The molecule has 1 N–H and O–H groups in total. The lowest BCUT2D eigenvalue weighted by Gasteiger charge is -2.27. The van der Waals surface area contributed by atoms with Crippen LogP contribution in [-0.2, 0) is 4.79 Å². The molecule has 1 amide bonds. The molecule has 176 valence electrons. The third-order valence-corrected chi connectivity index (χ3v) is 5.46. The standard InChI is InChI=1S/C26H24F3N3O2/c1-16-5-4-6-18(13-16)24(17(2)31-25(33)26(3,28)29)34-22-11-12-23-19(14-22)15-30-32(23)21-9-7-20(27)8-10-21/h4-15,17,24H,1-3H3,(H,31,33)/t17-,24+/m0/s1. The van der Waals surface area contributed by atoms with Crippen LogP contribution < -0.4 is 10.1 Å². The number of hydrogen-bond acceptors (Lipinski definition) is 3. The van der Waals surface area contributed by atoms with E-state index in [0.717, 1.165) is 22.0 Å². The number of fused-ring (bicyclic) bond motifs is 1. The Morgan fingerprint density at radius 1 is 1.09 bits per heavy atom. The summed E-state index contributed by atoms with van der Waals surface area (Å²) in [5.41, 5.74) is 3.22. The average Bonchev–Trinajstić information content (AvgIpc) is 3.20. The van der Waals surface area contributed by atoms with E-state index in [9.17, 15) is 18.0 Å². The van der Waals surface area contributed by atoms with Crippen LogP contribution in [0, 0.1) is 12.7 Å². The highest BCUT2D eigenvalue weighted by atomic mass is 19.3. The van der Waals surface area contributed by atoms with Gasteiger partial charge in [0.15, 0.2) is 0 Å². The van der Waals surface area contributed by atoms with Gasteiger partial charge in [0.25, 0.3) is 5.91 Å². The van der Waals surface area contributed by atoms with Gasteiger partial charge >= 0.3 is 5.92 Å². The minimum absolute atomic E-state index is 0.333. The molecule has 0 aliphatic carbocycles. The van der Waals surface area contributed by atoms with Gasteiger partial charge in [-0.2, -0.15) is 13.9 Å². The number of ether oxygens (including phenoxy) is 1. The Morgan fingerprint density at radius 2 is 1.82 bits per heavy atom. The second-order valence-electron chi connectivity index (χ2n) is 8.36. The fourth-order valence-corrected chi connectivity index (χ4v) is 3.73. The van der Waals surface area contributed by atoms with E-state index in [0.29, 0.717) is 18.4 Å². The van der Waals surface area contributed by atoms with Crippen molar-refractivity contribution in [2.75, 3.05) is 0 Å². The van der Waals surface area contributed by atoms with Crippen LogP contribution in [0.25, 0.3) is 16.6 Å². The quantitative estimate of drug-likeness (QED) is 0.376. The minimum atomic E-state index is -3.50. The number of rotatable bonds is 7. The smallest absolute Gasteiger partial charge is 0.321 e. The molecule has 0 radical (unpaired) electrons. The molecule has 2 atom stereocenters. The maximum atomic E-state index is 13.5. The van der Waals surface area contributed by atoms with Crippen LogP contribution in [0.2, 0.25) is 0 Å². The Bertz CT molecular complexity index is 1310. The van der Waals surface area contributed by atoms with Gasteiger partial charge in [0.05, 0.1) is 23.4 Å². The molecule has 34 heavy (non-hydrogen) atoms. The summed E-state index contributed by atoms with van der Waals surface area (Å²) < 4.78 is 48.2. The van der Waals surface area contributed by atoms with Gasteiger partial charge < -0.3 is 10.1 Å². The molecule has 0 unspecified atom stereocenters. The van der Waals surface area contributed by atoms with E-state index in [4.69, 9.17) is 4.74 Å². The van der Waals surface area contributed by atoms with Gasteiger partial charge in [0, 0.05) is 12.3 Å². The topological polar surface area (TPSA) is 56.1 Å². The van der Waals surface area contributed by atoms with Crippen LogP contribution in [0.5, 0.6) is 5.75 Å². The molecular formula is C26H24F3N3O2. The second-order valence-corrected chi connectivity index (χ2v) is 8.36. The summed E-state index contributed by atoms with van der Waals surface area (Å²) in [6.45, 7) is 4.10. The number of hydrogen-bond donors (Lipinski definition) is 1. The Morgan fingerprint density at radius 3 is 2.50 bits per heavy atom. The first-order valence-electron chi connectivity index (χ1n) is 10.8. The molecule has 0 saturated carbocycles. The molecule has 4 aromatic rings. The number of carbonyl (C=O) groups is 1. The first-order valence-corrected chi connectivity index (χ1v) is 10.8. The van der Waals surface area contributed by atoms with Crippen molar-refractivity contribution in [3.8, 4) is 11.4 Å². The van der Waals surface area contributed by atoms with Crippen molar-refractivity contribution >= 4 is 16.8 Å². The van der Waals surface area contributed by atoms with Gasteiger partial charge in [-0.25, -0.2) is 9.07 Å². The second kappa shape index (κ2) is 9.21. The summed E-state index contributed by atoms with van der Waals surface area (Å²) in [6, 6.07) is 18.1. The number of aryl methyl sites for hydroxylation is 1. The number of amides is 1. The summed E-state index contributed by atoms with van der Waals surface area (Å²) in [6.07, 6.45) is 0.951. The molecule has 0 aliphatic heterocycles. The van der Waals surface area contributed by atoms with Crippen molar-refractivity contribution in [3.63, 3.8) is 0 Å². The average molecular weight is 467 g/mol. The number of alkyl halides is 2. The third-order valence-electron chi connectivity index (χ3n) is 5.46. The molecule has 1 aromatic heterocycles. The number of nitrogens with one attached hydrogen (secondary N) is 1. The van der Waals surface area contributed by atoms with Crippen LogP contribution in [0.15, 0.2) is 72.9 Å². The fraction of sp³-hybridized carbons (Fsp3) is 0.231. The molecule has 0 bridgehead atoms. The summed E-state index contributed by atoms with van der Waals surface area (Å²) >= 11 is 0. The van der Waals surface area contributed by atoms with Gasteiger partial charge in [0.2, 0.25) is 0 Å². The van der Waals surface area contributed by atoms with E-state index in [2.05, 4.69) is 10.4 Å². The van der Waals surface area contributed by atoms with Crippen molar-refractivity contribution < 1.29 is 22.7 Å². The first-order chi connectivity index (χ1) is 16.1. The number of aromatic nitrogens is 2. The Labute approximate surface area is 195 Å². The molecule has 0 aliphatic rings. The van der Waals surface area contributed by atoms with E-state index >= 15 is 0 Å². The lowest BCUT2D eigenvalue weighted by atomic mass is 10.0. The maximum absolute atomic E-state index is 13.5. The van der Waals surface area contributed by atoms with E-state index < -0.39 is 24.0 Å². The van der Waals surface area contributed by atoms with Crippen molar-refractivity contribution in [1.82, 2.24) is 15.1 Å². The van der Waals surface area contributed by atoms with Gasteiger partial charge in [-0.15, -0.1) is 0 Å². The fourth-order valence-electron chi connectivity index (χ4n) is 3.73. The van der Waals surface area contributed by atoms with E-state index in [1.54, 1.807) is 42.1 Å². The number of nitrogens with zero attached hydrogens (tertiary/aromatic N) is 2. The number of carbonyl (C=O) groups excluding carboxylic acids is 1. The van der Waals surface area contributed by atoms with Gasteiger partial charge in [0.1, 0.15) is 17.7 Å². The zero-order valence-corrected chi connectivity index (χ0v) is 18.9. The monoisotopic (exact) mass is 467 g/mol. The Balaban J connectivity index is 1.64. The van der Waals surface area contributed by atoms with Crippen molar-refractivity contribution in [2.45, 2.75) is 38.8 Å². The third kappa shape index (κ3) is 5.06. The zero-order chi connectivity index (χ0) is 24.5. The van der Waals surface area contributed by atoms with Gasteiger partial charge in [-0.3, -0.25) is 4.79 Å². The number of halogens is 3. The summed E-state index contributed by atoms with van der Waals surface area (Å²) in [5.74, 6) is -4.71. The van der Waals surface area contributed by atoms with Gasteiger partial charge in [-0.05, 0) is 61.9 Å². The Hall–Kier alpha value is -3.81. The molecule has 8 heteroatoms. The first kappa shape index (κ1) is 23.4. The normalized spacial score (nSPS) is 13.5. The predicted molar refractivity (Wildman–Crippen MR) is 124 cm³/mol. The highest BCUT2D eigenvalue weighted by Gasteiger charge is 2.35. The Kier molecular flexibility index (Phi) is 6.32. The molecule has 0 fully saturated rings. The van der Waals surface area contributed by atoms with Gasteiger partial charge in [-0.1, -0.05) is 29.8 Å². The summed E-state index contributed by atoms with van der Waals surface area (Å²) in [4.78, 5) is 11.9. The highest BCUT2D eigenvalue weighted by molar-refractivity contribution is 5.83. The summed E-state index contributed by atoms with van der Waals surface area (Å²) in [7, 11) is 0. The molecule has 1 heterocycles. The van der Waals surface area contributed by atoms with Crippen LogP contribution in [0.3, 0.4) is 0 Å². The molecule has 0 spiro atoms. The molecular weight excluding hydrogens is 443 g/mol.